The third-order valence-electron chi connectivity index (χ3n) is 5.35. The Balaban J connectivity index is 1.76. The molecule has 1 atom stereocenters. The van der Waals surface area contributed by atoms with Gasteiger partial charge >= 0.3 is 5.97 Å². The number of carbonyl (C=O) groups is 2. The van der Waals surface area contributed by atoms with Gasteiger partial charge in [-0.25, -0.2) is 4.79 Å². The lowest BCUT2D eigenvalue weighted by Crippen LogP contribution is -2.43. The number of hydrogen-bond donors (Lipinski definition) is 1. The number of fused-ring (bicyclic) bond motifs is 2. The van der Waals surface area contributed by atoms with Crippen molar-refractivity contribution in [3.05, 3.63) is 95.6 Å². The summed E-state index contributed by atoms with van der Waals surface area (Å²) in [7, 11) is 1.28. The quantitative estimate of drug-likeness (QED) is 0.393. The molecule has 0 saturated carbocycles. The van der Waals surface area contributed by atoms with Crippen LogP contribution in [0.5, 0.6) is 0 Å². The third-order valence-corrected chi connectivity index (χ3v) is 5.35. The van der Waals surface area contributed by atoms with Crippen molar-refractivity contribution in [3.63, 3.8) is 0 Å². The van der Waals surface area contributed by atoms with E-state index >= 15 is 0 Å². The number of carbonyl (C=O) groups excluding carboxylic acids is 2. The zero-order chi connectivity index (χ0) is 21.8. The summed E-state index contributed by atoms with van der Waals surface area (Å²) in [5.41, 5.74) is 1.64. The van der Waals surface area contributed by atoms with Gasteiger partial charge in [-0.15, -0.1) is 0 Å². The molecule has 31 heavy (non-hydrogen) atoms. The lowest BCUT2D eigenvalue weighted by Gasteiger charge is -2.19. The molecular formula is C26H20N2O3. The molecule has 4 rings (SSSR count). The summed E-state index contributed by atoms with van der Waals surface area (Å²) in [5.74, 6) is -0.927. The summed E-state index contributed by atoms with van der Waals surface area (Å²) < 4.78 is 4.93. The van der Waals surface area contributed by atoms with Crippen molar-refractivity contribution >= 4 is 33.4 Å². The van der Waals surface area contributed by atoms with Crippen molar-refractivity contribution in [2.45, 2.75) is 12.5 Å². The molecule has 152 valence electrons. The number of benzene rings is 4. The van der Waals surface area contributed by atoms with Crippen LogP contribution in [0.2, 0.25) is 0 Å². The van der Waals surface area contributed by atoms with E-state index in [1.165, 1.54) is 7.11 Å². The lowest BCUT2D eigenvalue weighted by molar-refractivity contribution is -0.142. The van der Waals surface area contributed by atoms with Crippen LogP contribution in [0.1, 0.15) is 21.5 Å². The molecule has 0 unspecified atom stereocenters. The van der Waals surface area contributed by atoms with Crippen LogP contribution in [0.4, 0.5) is 0 Å². The largest absolute Gasteiger partial charge is 0.467 e. The number of methoxy groups -OCH3 is 1. The van der Waals surface area contributed by atoms with Gasteiger partial charge in [0.05, 0.1) is 24.3 Å². The van der Waals surface area contributed by atoms with Gasteiger partial charge in [-0.3, -0.25) is 4.79 Å². The second-order valence-electron chi connectivity index (χ2n) is 7.22. The second kappa shape index (κ2) is 8.68. The molecule has 0 spiro atoms. The molecule has 5 heteroatoms. The molecule has 4 aromatic carbocycles. The van der Waals surface area contributed by atoms with Crippen LogP contribution in [0.15, 0.2) is 78.9 Å². The molecule has 1 N–H and O–H groups in total. The van der Waals surface area contributed by atoms with Crippen LogP contribution in [0.25, 0.3) is 21.5 Å². The van der Waals surface area contributed by atoms with E-state index in [4.69, 9.17) is 4.74 Å². The monoisotopic (exact) mass is 408 g/mol. The topological polar surface area (TPSA) is 79.2 Å². The minimum atomic E-state index is -0.926. The second-order valence-corrected chi connectivity index (χ2v) is 7.22. The minimum absolute atomic E-state index is 0.158. The molecule has 0 fully saturated rings. The molecule has 0 aliphatic rings. The first-order valence-electron chi connectivity index (χ1n) is 9.89. The molecule has 0 aromatic heterocycles. The number of rotatable bonds is 5. The highest BCUT2D eigenvalue weighted by Crippen LogP contribution is 2.28. The van der Waals surface area contributed by atoms with Crippen molar-refractivity contribution in [2.24, 2.45) is 0 Å². The summed E-state index contributed by atoms with van der Waals surface area (Å²) >= 11 is 0. The Hall–Kier alpha value is -4.17. The molecule has 5 nitrogen and oxygen atoms in total. The maximum absolute atomic E-state index is 13.5. The zero-order valence-corrected chi connectivity index (χ0v) is 17.0. The molecule has 0 bridgehead atoms. The smallest absolute Gasteiger partial charge is 0.328 e. The molecule has 0 heterocycles. The first-order valence-corrected chi connectivity index (χ1v) is 9.89. The van der Waals surface area contributed by atoms with E-state index in [0.29, 0.717) is 16.7 Å². The fourth-order valence-electron chi connectivity index (χ4n) is 3.85. The zero-order valence-electron chi connectivity index (χ0n) is 17.0. The molecule has 0 aliphatic heterocycles. The molecule has 0 saturated heterocycles. The maximum atomic E-state index is 13.5. The van der Waals surface area contributed by atoms with Crippen molar-refractivity contribution < 1.29 is 14.3 Å². The van der Waals surface area contributed by atoms with Gasteiger partial charge in [-0.1, -0.05) is 66.7 Å². The van der Waals surface area contributed by atoms with Crippen LogP contribution in [-0.2, 0) is 16.0 Å². The maximum Gasteiger partial charge on any atom is 0.328 e. The first-order chi connectivity index (χ1) is 15.1. The van der Waals surface area contributed by atoms with Crippen molar-refractivity contribution in [2.75, 3.05) is 7.11 Å². The van der Waals surface area contributed by atoms with Crippen molar-refractivity contribution in [1.82, 2.24) is 5.32 Å². The Morgan fingerprint density at radius 3 is 2.13 bits per heavy atom. The Kier molecular flexibility index (Phi) is 5.63. The van der Waals surface area contributed by atoms with Crippen molar-refractivity contribution in [3.8, 4) is 6.07 Å². The van der Waals surface area contributed by atoms with Crippen LogP contribution in [-0.4, -0.2) is 25.0 Å². The van der Waals surface area contributed by atoms with Crippen molar-refractivity contribution in [1.29, 1.82) is 5.26 Å². The van der Waals surface area contributed by atoms with E-state index in [2.05, 4.69) is 11.4 Å². The number of esters is 1. The van der Waals surface area contributed by atoms with Gasteiger partial charge in [0.15, 0.2) is 0 Å². The van der Waals surface area contributed by atoms with Gasteiger partial charge in [0.25, 0.3) is 5.91 Å². The van der Waals surface area contributed by atoms with Crippen LogP contribution < -0.4 is 5.32 Å². The van der Waals surface area contributed by atoms with Gasteiger partial charge in [-0.05, 0) is 39.2 Å². The Morgan fingerprint density at radius 1 is 0.935 bits per heavy atom. The van der Waals surface area contributed by atoms with E-state index < -0.39 is 12.0 Å². The highest BCUT2D eigenvalue weighted by molar-refractivity contribution is 6.18. The van der Waals surface area contributed by atoms with Crippen LogP contribution in [0, 0.1) is 11.3 Å². The summed E-state index contributed by atoms with van der Waals surface area (Å²) in [4.78, 5) is 26.0. The molecule has 1 amide bonds. The van der Waals surface area contributed by atoms with E-state index in [9.17, 15) is 14.9 Å². The number of amides is 1. The average molecular weight is 408 g/mol. The number of nitrogens with zero attached hydrogens (tertiary/aromatic N) is 1. The van der Waals surface area contributed by atoms with Crippen LogP contribution in [0.3, 0.4) is 0 Å². The fourth-order valence-corrected chi connectivity index (χ4v) is 3.85. The van der Waals surface area contributed by atoms with Gasteiger partial charge in [-0.2, -0.15) is 5.26 Å². The fraction of sp³-hybridized carbons (Fsp3) is 0.115. The Bertz CT molecular complexity index is 1280. The van der Waals surface area contributed by atoms with Gasteiger partial charge < -0.3 is 10.1 Å². The Morgan fingerprint density at radius 2 is 1.52 bits per heavy atom. The third kappa shape index (κ3) is 3.96. The minimum Gasteiger partial charge on any atom is -0.467 e. The summed E-state index contributed by atoms with van der Waals surface area (Å²) in [6.45, 7) is 0. The average Bonchev–Trinajstić information content (AvgIpc) is 2.81. The summed E-state index contributed by atoms with van der Waals surface area (Å²) in [6, 6.07) is 25.6. The van der Waals surface area contributed by atoms with E-state index in [-0.39, 0.29) is 12.3 Å². The predicted molar refractivity (Wildman–Crippen MR) is 120 cm³/mol. The standard InChI is InChI=1S/C26H20N2O3/c1-31-26(30)23(15-17-8-2-3-11-20(17)16-27)28-25(29)24-21-12-6-4-9-18(21)14-19-10-5-7-13-22(19)24/h2-14,23H,15H2,1H3,(H,28,29)/t23-/m1/s1. The molecule has 0 radical (unpaired) electrons. The summed E-state index contributed by atoms with van der Waals surface area (Å²) in [5, 5.41) is 15.7. The molecule has 0 aliphatic carbocycles. The molecular weight excluding hydrogens is 388 g/mol. The number of nitrogens with one attached hydrogen (secondary N) is 1. The SMILES string of the molecule is COC(=O)[C@@H](Cc1ccccc1C#N)NC(=O)c1c2ccccc2cc2ccccc12. The highest BCUT2D eigenvalue weighted by Gasteiger charge is 2.25. The van der Waals surface area contributed by atoms with Gasteiger partial charge in [0, 0.05) is 6.42 Å². The first kappa shape index (κ1) is 20.1. The highest BCUT2D eigenvalue weighted by atomic mass is 16.5. The number of hydrogen-bond acceptors (Lipinski definition) is 4. The number of nitriles is 1. The number of ether oxygens (including phenoxy) is 1. The van der Waals surface area contributed by atoms with Gasteiger partial charge in [0.1, 0.15) is 6.04 Å². The van der Waals surface area contributed by atoms with Gasteiger partial charge in [0.2, 0.25) is 0 Å². The molecule has 4 aromatic rings. The lowest BCUT2D eigenvalue weighted by atomic mass is 9.95. The predicted octanol–water partition coefficient (Wildman–Crippen LogP) is 4.38. The normalized spacial score (nSPS) is 11.6. The van der Waals surface area contributed by atoms with Crippen LogP contribution >= 0.6 is 0 Å². The van der Waals surface area contributed by atoms with E-state index in [0.717, 1.165) is 21.5 Å². The Labute approximate surface area is 179 Å². The summed E-state index contributed by atoms with van der Waals surface area (Å²) in [6.07, 6.45) is 0.158. The van der Waals surface area contributed by atoms with E-state index in [1.807, 2.05) is 54.6 Å². The van der Waals surface area contributed by atoms with E-state index in [1.54, 1.807) is 24.3 Å².